The molecule has 1 amide bonds. The van der Waals surface area contributed by atoms with E-state index in [-0.39, 0.29) is 11.9 Å². The maximum Gasteiger partial charge on any atom is 0.240 e. The number of nitrogens with zero attached hydrogens (tertiary/aromatic N) is 5. The Hall–Kier alpha value is -1.87. The highest BCUT2D eigenvalue weighted by Gasteiger charge is 2.31. The molecule has 0 aromatic carbocycles. The third kappa shape index (κ3) is 3.24. The van der Waals surface area contributed by atoms with Gasteiger partial charge in [0.15, 0.2) is 5.82 Å². The number of carbonyl (C=O) groups excluding carboxylic acids is 1. The molecule has 0 unspecified atom stereocenters. The lowest BCUT2D eigenvalue weighted by Crippen LogP contribution is -2.33. The summed E-state index contributed by atoms with van der Waals surface area (Å²) in [4.78, 5) is 18.5. The zero-order chi connectivity index (χ0) is 14.7. The van der Waals surface area contributed by atoms with Crippen molar-refractivity contribution in [3.05, 3.63) is 17.2 Å². The molecule has 0 spiro atoms. The zero-order valence-electron chi connectivity index (χ0n) is 11.7. The topological polar surface area (TPSA) is 97.0 Å². The van der Waals surface area contributed by atoms with Gasteiger partial charge in [-0.25, -0.2) is 0 Å². The van der Waals surface area contributed by atoms with Crippen LogP contribution in [0.3, 0.4) is 0 Å². The molecule has 1 aliphatic rings. The third-order valence-corrected chi connectivity index (χ3v) is 4.01. The molecule has 1 atom stereocenters. The van der Waals surface area contributed by atoms with Gasteiger partial charge in [0.2, 0.25) is 16.9 Å². The molecule has 0 aliphatic carbocycles. The van der Waals surface area contributed by atoms with Crippen molar-refractivity contribution in [3.8, 4) is 0 Å². The smallest absolute Gasteiger partial charge is 0.240 e. The van der Waals surface area contributed by atoms with Crippen LogP contribution in [0.1, 0.15) is 37.5 Å². The van der Waals surface area contributed by atoms with Gasteiger partial charge in [0.25, 0.3) is 0 Å². The van der Waals surface area contributed by atoms with E-state index in [9.17, 15) is 4.79 Å². The molecule has 0 saturated carbocycles. The maximum absolute atomic E-state index is 12.0. The molecular weight excluding hydrogens is 292 g/mol. The zero-order valence-corrected chi connectivity index (χ0v) is 12.5. The van der Waals surface area contributed by atoms with Crippen LogP contribution >= 0.6 is 11.3 Å². The number of likely N-dealkylation sites (tertiary alicyclic amines) is 1. The van der Waals surface area contributed by atoms with E-state index in [2.05, 4.69) is 30.6 Å². The van der Waals surface area contributed by atoms with Gasteiger partial charge in [0.05, 0.1) is 12.6 Å². The molecule has 2 aromatic heterocycles. The number of nitrogens with one attached hydrogen (secondary N) is 1. The summed E-state index contributed by atoms with van der Waals surface area (Å²) in [5.74, 6) is 1.21. The molecule has 0 radical (unpaired) electrons. The van der Waals surface area contributed by atoms with E-state index in [4.69, 9.17) is 4.52 Å². The average molecular weight is 308 g/mol. The molecule has 2 aromatic rings. The third-order valence-electron chi connectivity index (χ3n) is 3.40. The molecule has 8 nitrogen and oxygen atoms in total. The monoisotopic (exact) mass is 308 g/mol. The van der Waals surface area contributed by atoms with Crippen molar-refractivity contribution in [1.29, 1.82) is 0 Å². The standard InChI is InChI=1S/C12H16N6O2S/c1-2-10-15-11(17-20-10)8-4-3-5-18(8)6-9(19)14-12-16-13-7-21-12/h7-8H,2-6H2,1H3,(H,14,16,19)/t8-/m0/s1. The first-order valence-electron chi connectivity index (χ1n) is 6.89. The first kappa shape index (κ1) is 14.1. The summed E-state index contributed by atoms with van der Waals surface area (Å²) in [6.07, 6.45) is 2.68. The van der Waals surface area contributed by atoms with Gasteiger partial charge in [0, 0.05) is 6.42 Å². The quantitative estimate of drug-likeness (QED) is 0.888. The summed E-state index contributed by atoms with van der Waals surface area (Å²) in [5.41, 5.74) is 1.58. The molecule has 0 bridgehead atoms. The Morgan fingerprint density at radius 1 is 1.62 bits per heavy atom. The van der Waals surface area contributed by atoms with E-state index in [0.717, 1.165) is 25.8 Å². The second-order valence-electron chi connectivity index (χ2n) is 4.82. The average Bonchev–Trinajstić information content (AvgIpc) is 3.18. The van der Waals surface area contributed by atoms with Crippen molar-refractivity contribution < 1.29 is 9.32 Å². The molecule has 112 valence electrons. The summed E-state index contributed by atoms with van der Waals surface area (Å²) < 4.78 is 5.16. The molecule has 1 aliphatic heterocycles. The Kier molecular flexibility index (Phi) is 4.20. The largest absolute Gasteiger partial charge is 0.339 e. The number of anilines is 1. The van der Waals surface area contributed by atoms with Gasteiger partial charge in [-0.3, -0.25) is 15.0 Å². The van der Waals surface area contributed by atoms with Crippen molar-refractivity contribution >= 4 is 22.4 Å². The van der Waals surface area contributed by atoms with Gasteiger partial charge in [-0.1, -0.05) is 23.4 Å². The van der Waals surface area contributed by atoms with E-state index in [1.165, 1.54) is 11.3 Å². The second-order valence-corrected chi connectivity index (χ2v) is 5.65. The van der Waals surface area contributed by atoms with Crippen LogP contribution in [0, 0.1) is 0 Å². The number of aromatic nitrogens is 4. The summed E-state index contributed by atoms with van der Waals surface area (Å²) in [5, 5.41) is 14.8. The van der Waals surface area contributed by atoms with E-state index < -0.39 is 0 Å². The summed E-state index contributed by atoms with van der Waals surface area (Å²) >= 11 is 1.30. The lowest BCUT2D eigenvalue weighted by atomic mass is 10.2. The summed E-state index contributed by atoms with van der Waals surface area (Å²) in [6, 6.07) is 0.0502. The second kappa shape index (κ2) is 6.27. The number of hydrogen-bond donors (Lipinski definition) is 1. The highest BCUT2D eigenvalue weighted by molar-refractivity contribution is 7.13. The predicted octanol–water partition coefficient (Wildman–Crippen LogP) is 1.26. The first-order valence-corrected chi connectivity index (χ1v) is 7.76. The highest BCUT2D eigenvalue weighted by atomic mass is 32.1. The van der Waals surface area contributed by atoms with Crippen LogP contribution in [-0.2, 0) is 11.2 Å². The van der Waals surface area contributed by atoms with E-state index in [1.54, 1.807) is 5.51 Å². The number of aryl methyl sites for hydroxylation is 1. The van der Waals surface area contributed by atoms with Crippen molar-refractivity contribution in [2.75, 3.05) is 18.4 Å². The Labute approximate surface area is 125 Å². The van der Waals surface area contributed by atoms with Crippen LogP contribution in [0.15, 0.2) is 10.0 Å². The van der Waals surface area contributed by atoms with Gasteiger partial charge >= 0.3 is 0 Å². The van der Waals surface area contributed by atoms with Crippen LogP contribution in [0.25, 0.3) is 0 Å². The lowest BCUT2D eigenvalue weighted by Gasteiger charge is -2.20. The minimum absolute atomic E-state index is 0.0502. The molecule has 9 heteroatoms. The van der Waals surface area contributed by atoms with E-state index in [1.807, 2.05) is 6.92 Å². The molecule has 3 heterocycles. The fourth-order valence-electron chi connectivity index (χ4n) is 2.43. The highest BCUT2D eigenvalue weighted by Crippen LogP contribution is 2.29. The molecule has 1 N–H and O–H groups in total. The molecule has 1 saturated heterocycles. The van der Waals surface area contributed by atoms with Gasteiger partial charge in [0.1, 0.15) is 5.51 Å². The van der Waals surface area contributed by atoms with Crippen molar-refractivity contribution in [1.82, 2.24) is 25.2 Å². The SMILES string of the molecule is CCc1nc([C@@H]2CCCN2CC(=O)Nc2nncs2)no1. The Bertz CT molecular complexity index is 599. The van der Waals surface area contributed by atoms with Crippen molar-refractivity contribution in [2.24, 2.45) is 0 Å². The van der Waals surface area contributed by atoms with E-state index in [0.29, 0.717) is 23.4 Å². The number of hydrogen-bond acceptors (Lipinski definition) is 8. The van der Waals surface area contributed by atoms with E-state index >= 15 is 0 Å². The Morgan fingerprint density at radius 2 is 2.52 bits per heavy atom. The fraction of sp³-hybridized carbons (Fsp3) is 0.583. The van der Waals surface area contributed by atoms with Crippen LogP contribution < -0.4 is 5.32 Å². The summed E-state index contributed by atoms with van der Waals surface area (Å²) in [7, 11) is 0. The van der Waals surface area contributed by atoms with Crippen LogP contribution in [-0.4, -0.2) is 44.2 Å². The molecule has 1 fully saturated rings. The maximum atomic E-state index is 12.0. The van der Waals surface area contributed by atoms with Gasteiger partial charge in [-0.15, -0.1) is 10.2 Å². The number of carbonyl (C=O) groups is 1. The van der Waals surface area contributed by atoms with Gasteiger partial charge in [-0.05, 0) is 19.4 Å². The minimum Gasteiger partial charge on any atom is -0.339 e. The molecular formula is C12H16N6O2S. The predicted molar refractivity (Wildman–Crippen MR) is 75.8 cm³/mol. The van der Waals surface area contributed by atoms with Crippen LogP contribution in [0.5, 0.6) is 0 Å². The van der Waals surface area contributed by atoms with Gasteiger partial charge in [-0.2, -0.15) is 4.98 Å². The summed E-state index contributed by atoms with van der Waals surface area (Å²) in [6.45, 7) is 3.11. The number of rotatable bonds is 5. The fourth-order valence-corrected chi connectivity index (χ4v) is 2.89. The van der Waals surface area contributed by atoms with Crippen molar-refractivity contribution in [3.63, 3.8) is 0 Å². The molecule has 21 heavy (non-hydrogen) atoms. The lowest BCUT2D eigenvalue weighted by molar-refractivity contribution is -0.117. The van der Waals surface area contributed by atoms with Gasteiger partial charge < -0.3 is 4.52 Å². The van der Waals surface area contributed by atoms with Crippen LogP contribution in [0.2, 0.25) is 0 Å². The Morgan fingerprint density at radius 3 is 3.24 bits per heavy atom. The minimum atomic E-state index is -0.0992. The first-order chi connectivity index (χ1) is 10.3. The normalized spacial score (nSPS) is 19.0. The molecule has 3 rings (SSSR count). The van der Waals surface area contributed by atoms with Crippen LogP contribution in [0.4, 0.5) is 5.13 Å². The number of amides is 1. The Balaban J connectivity index is 1.62. The van der Waals surface area contributed by atoms with Crippen molar-refractivity contribution in [2.45, 2.75) is 32.2 Å².